The van der Waals surface area contributed by atoms with Gasteiger partial charge in [0.2, 0.25) is 0 Å². The van der Waals surface area contributed by atoms with E-state index in [4.69, 9.17) is 0 Å². The normalized spacial score (nSPS) is 36.5. The van der Waals surface area contributed by atoms with Gasteiger partial charge in [-0.05, 0) is 37.8 Å². The summed E-state index contributed by atoms with van der Waals surface area (Å²) in [6.45, 7) is 0. The van der Waals surface area contributed by atoms with Gasteiger partial charge in [-0.3, -0.25) is 9.19 Å². The molecule has 0 spiro atoms. The Labute approximate surface area is 123 Å². The molecule has 2 aliphatic rings. The van der Waals surface area contributed by atoms with E-state index in [2.05, 4.69) is 4.98 Å². The Balaban J connectivity index is 1.87. The van der Waals surface area contributed by atoms with Crippen molar-refractivity contribution in [1.29, 1.82) is 0 Å². The lowest BCUT2D eigenvalue weighted by molar-refractivity contribution is -0.137. The van der Waals surface area contributed by atoms with Gasteiger partial charge in [0, 0.05) is 27.5 Å². The van der Waals surface area contributed by atoms with Crippen LogP contribution < -0.4 is 0 Å². The van der Waals surface area contributed by atoms with Crippen molar-refractivity contribution in [2.75, 3.05) is 0 Å². The van der Waals surface area contributed by atoms with Crippen LogP contribution in [-0.4, -0.2) is 24.8 Å². The summed E-state index contributed by atoms with van der Waals surface area (Å²) in [4.78, 5) is 3.82. The first kappa shape index (κ1) is 15.0. The van der Waals surface area contributed by atoms with E-state index in [1.807, 2.05) is 0 Å². The Bertz CT molecular complexity index is 542. The fourth-order valence-electron chi connectivity index (χ4n) is 3.33. The van der Waals surface area contributed by atoms with Crippen LogP contribution in [0.1, 0.15) is 43.4 Å². The molecule has 3 rings (SSSR count). The van der Waals surface area contributed by atoms with E-state index in [9.17, 15) is 22.5 Å². The highest BCUT2D eigenvalue weighted by Gasteiger charge is 2.47. The minimum absolute atomic E-state index is 0.0772. The third kappa shape index (κ3) is 2.73. The molecular formula is C14H16F3NO2S. The van der Waals surface area contributed by atoms with Crippen molar-refractivity contribution >= 4 is 10.8 Å². The maximum absolute atomic E-state index is 12.6. The maximum Gasteiger partial charge on any atom is 0.417 e. The Morgan fingerprint density at radius 2 is 1.86 bits per heavy atom. The Hall–Kier alpha value is -0.950. The first-order valence-corrected chi connectivity index (χ1v) is 8.23. The van der Waals surface area contributed by atoms with Crippen molar-refractivity contribution in [3.63, 3.8) is 0 Å². The Morgan fingerprint density at radius 1 is 1.24 bits per heavy atom. The molecule has 0 radical (unpaired) electrons. The number of aromatic nitrogens is 1. The van der Waals surface area contributed by atoms with Gasteiger partial charge >= 0.3 is 6.18 Å². The molecule has 1 aromatic heterocycles. The second-order valence-electron chi connectivity index (χ2n) is 5.87. The lowest BCUT2D eigenvalue weighted by Crippen LogP contribution is -2.47. The number of nitrogens with zero attached hydrogens (tertiary/aromatic N) is 1. The SMILES string of the molecule is O=S1C2CCCC1CC(O)(c1ccc(C(F)(F)F)cn1)C2. The molecule has 2 fully saturated rings. The Morgan fingerprint density at radius 3 is 2.33 bits per heavy atom. The summed E-state index contributed by atoms with van der Waals surface area (Å²) in [7, 11) is -0.943. The van der Waals surface area contributed by atoms with E-state index in [0.29, 0.717) is 12.8 Å². The van der Waals surface area contributed by atoms with Crippen molar-refractivity contribution in [2.24, 2.45) is 0 Å². The molecule has 7 heteroatoms. The van der Waals surface area contributed by atoms with Crippen LogP contribution in [0.2, 0.25) is 0 Å². The van der Waals surface area contributed by atoms with Crippen LogP contribution in [0.5, 0.6) is 0 Å². The van der Waals surface area contributed by atoms with Crippen LogP contribution in [0.3, 0.4) is 0 Å². The van der Waals surface area contributed by atoms with Crippen molar-refractivity contribution < 1.29 is 22.5 Å². The zero-order valence-electron chi connectivity index (χ0n) is 11.3. The molecule has 116 valence electrons. The van der Waals surface area contributed by atoms with Crippen LogP contribution in [0, 0.1) is 0 Å². The van der Waals surface area contributed by atoms with Gasteiger partial charge in [0.05, 0.1) is 11.3 Å². The van der Waals surface area contributed by atoms with Gasteiger partial charge in [-0.1, -0.05) is 6.42 Å². The van der Waals surface area contributed by atoms with Gasteiger partial charge in [0.1, 0.15) is 5.60 Å². The highest BCUT2D eigenvalue weighted by molar-refractivity contribution is 7.86. The van der Waals surface area contributed by atoms with E-state index >= 15 is 0 Å². The number of fused-ring (bicyclic) bond motifs is 2. The highest BCUT2D eigenvalue weighted by atomic mass is 32.2. The molecule has 21 heavy (non-hydrogen) atoms. The molecule has 0 amide bonds. The summed E-state index contributed by atoms with van der Waals surface area (Å²) >= 11 is 0. The number of hydrogen-bond acceptors (Lipinski definition) is 3. The zero-order valence-corrected chi connectivity index (χ0v) is 12.1. The number of alkyl halides is 3. The third-order valence-electron chi connectivity index (χ3n) is 4.41. The standard InChI is InChI=1S/C14H16F3NO2S/c15-14(16,17)9-4-5-12(18-8-9)13(19)6-10-2-1-3-11(7-13)21(10)20/h4-5,8,10-11,19H,1-3,6-7H2. The fourth-order valence-corrected chi connectivity index (χ4v) is 5.55. The highest BCUT2D eigenvalue weighted by Crippen LogP contribution is 2.44. The topological polar surface area (TPSA) is 50.2 Å². The summed E-state index contributed by atoms with van der Waals surface area (Å²) in [5.74, 6) is 0. The average Bonchev–Trinajstić information content (AvgIpc) is 2.40. The summed E-state index contributed by atoms with van der Waals surface area (Å²) in [5.41, 5.74) is -1.83. The van der Waals surface area contributed by atoms with Crippen LogP contribution in [0.15, 0.2) is 18.3 Å². The second-order valence-corrected chi connectivity index (χ2v) is 7.86. The molecule has 2 unspecified atom stereocenters. The van der Waals surface area contributed by atoms with Crippen molar-refractivity contribution in [2.45, 2.75) is 54.4 Å². The largest absolute Gasteiger partial charge is 0.417 e. The van der Waals surface area contributed by atoms with Crippen LogP contribution in [-0.2, 0) is 22.6 Å². The number of aliphatic hydroxyl groups is 1. The number of pyridine rings is 1. The van der Waals surface area contributed by atoms with E-state index in [-0.39, 0.29) is 16.2 Å². The quantitative estimate of drug-likeness (QED) is 0.866. The number of hydrogen-bond donors (Lipinski definition) is 1. The van der Waals surface area contributed by atoms with Gasteiger partial charge in [-0.25, -0.2) is 0 Å². The lowest BCUT2D eigenvalue weighted by atomic mass is 9.83. The monoisotopic (exact) mass is 319 g/mol. The van der Waals surface area contributed by atoms with Gasteiger partial charge in [0.25, 0.3) is 0 Å². The first-order chi connectivity index (χ1) is 9.79. The maximum atomic E-state index is 12.6. The molecule has 2 atom stereocenters. The molecule has 2 bridgehead atoms. The molecule has 2 aliphatic heterocycles. The van der Waals surface area contributed by atoms with Crippen molar-refractivity contribution in [1.82, 2.24) is 4.98 Å². The molecule has 1 N–H and O–H groups in total. The molecular weight excluding hydrogens is 303 g/mol. The minimum atomic E-state index is -4.43. The average molecular weight is 319 g/mol. The molecule has 3 heterocycles. The smallest absolute Gasteiger partial charge is 0.383 e. The van der Waals surface area contributed by atoms with Crippen LogP contribution in [0.4, 0.5) is 13.2 Å². The van der Waals surface area contributed by atoms with Crippen molar-refractivity contribution in [3.05, 3.63) is 29.6 Å². The second kappa shape index (κ2) is 5.05. The van der Waals surface area contributed by atoms with E-state index in [1.165, 1.54) is 6.07 Å². The summed E-state index contributed by atoms with van der Waals surface area (Å²) in [5, 5.41) is 10.6. The molecule has 1 aromatic rings. The van der Waals surface area contributed by atoms with E-state index in [1.54, 1.807) is 0 Å². The summed E-state index contributed by atoms with van der Waals surface area (Å²) < 4.78 is 49.8. The summed E-state index contributed by atoms with van der Waals surface area (Å²) in [6.07, 6.45) is -0.452. The van der Waals surface area contributed by atoms with E-state index < -0.39 is 28.1 Å². The van der Waals surface area contributed by atoms with Gasteiger partial charge in [0.15, 0.2) is 0 Å². The molecule has 0 aliphatic carbocycles. The molecule has 2 saturated heterocycles. The fraction of sp³-hybridized carbons (Fsp3) is 0.643. The first-order valence-electron chi connectivity index (χ1n) is 6.95. The van der Waals surface area contributed by atoms with Gasteiger partial charge < -0.3 is 5.11 Å². The lowest BCUT2D eigenvalue weighted by Gasteiger charge is -2.43. The van der Waals surface area contributed by atoms with Gasteiger partial charge in [-0.2, -0.15) is 13.2 Å². The Kier molecular flexibility index (Phi) is 3.60. The van der Waals surface area contributed by atoms with Gasteiger partial charge in [-0.15, -0.1) is 0 Å². The van der Waals surface area contributed by atoms with Crippen LogP contribution >= 0.6 is 0 Å². The number of halogens is 3. The predicted octanol–water partition coefficient (Wildman–Crippen LogP) is 2.75. The number of rotatable bonds is 1. The molecule has 3 nitrogen and oxygen atoms in total. The summed E-state index contributed by atoms with van der Waals surface area (Å²) in [6, 6.07) is 2.19. The molecule has 0 aromatic carbocycles. The molecule has 0 saturated carbocycles. The van der Waals surface area contributed by atoms with Crippen LogP contribution in [0.25, 0.3) is 0 Å². The van der Waals surface area contributed by atoms with Crippen molar-refractivity contribution in [3.8, 4) is 0 Å². The van der Waals surface area contributed by atoms with E-state index in [0.717, 1.165) is 31.5 Å². The zero-order chi connectivity index (χ0) is 15.3. The third-order valence-corrected chi connectivity index (χ3v) is 6.53. The minimum Gasteiger partial charge on any atom is -0.383 e. The predicted molar refractivity (Wildman–Crippen MR) is 71.9 cm³/mol.